The zero-order valence-electron chi connectivity index (χ0n) is 15.1. The molecule has 2 saturated heterocycles. The van der Waals surface area contributed by atoms with Crippen LogP contribution in [-0.4, -0.2) is 57.0 Å². The molecule has 0 N–H and O–H groups in total. The van der Waals surface area contributed by atoms with Gasteiger partial charge in [-0.25, -0.2) is 13.4 Å². The van der Waals surface area contributed by atoms with E-state index in [4.69, 9.17) is 11.6 Å². The molecule has 0 saturated carbocycles. The van der Waals surface area contributed by atoms with Crippen LogP contribution in [-0.2, 0) is 10.0 Å². The largest absolute Gasteiger partial charge is 0.367 e. The van der Waals surface area contributed by atoms with E-state index in [1.807, 2.05) is 30.3 Å². The average molecular weight is 407 g/mol. The number of hydrogen-bond acceptors (Lipinski definition) is 5. The highest BCUT2D eigenvalue weighted by molar-refractivity contribution is 7.89. The number of halogens is 1. The molecule has 2 fully saturated rings. The summed E-state index contributed by atoms with van der Waals surface area (Å²) in [6, 6.07) is 11.4. The van der Waals surface area contributed by atoms with Crippen LogP contribution in [0.25, 0.3) is 0 Å². The lowest BCUT2D eigenvalue weighted by molar-refractivity contribution is 0.477. The van der Waals surface area contributed by atoms with Crippen molar-refractivity contribution in [1.82, 2.24) is 9.29 Å². The molecule has 0 bridgehead atoms. The van der Waals surface area contributed by atoms with Crippen LogP contribution in [0, 0.1) is 0 Å². The molecule has 2 aromatic rings. The molecular formula is C19H23ClN4O2S. The quantitative estimate of drug-likeness (QED) is 0.781. The molecule has 0 radical (unpaired) electrons. The van der Waals surface area contributed by atoms with E-state index in [2.05, 4.69) is 14.8 Å². The van der Waals surface area contributed by atoms with Crippen molar-refractivity contribution in [3.05, 3.63) is 47.6 Å². The Morgan fingerprint density at radius 3 is 2.15 bits per heavy atom. The second-order valence-corrected chi connectivity index (χ2v) is 9.23. The Bertz CT molecular complexity index is 890. The van der Waals surface area contributed by atoms with Crippen LogP contribution in [0.3, 0.4) is 0 Å². The highest BCUT2D eigenvalue weighted by atomic mass is 35.5. The van der Waals surface area contributed by atoms with Gasteiger partial charge in [-0.15, -0.1) is 0 Å². The molecule has 1 aromatic carbocycles. The Morgan fingerprint density at radius 2 is 1.52 bits per heavy atom. The van der Waals surface area contributed by atoms with E-state index in [1.165, 1.54) is 6.20 Å². The zero-order chi connectivity index (χ0) is 18.9. The summed E-state index contributed by atoms with van der Waals surface area (Å²) in [4.78, 5) is 9.16. The highest BCUT2D eigenvalue weighted by Crippen LogP contribution is 2.27. The van der Waals surface area contributed by atoms with E-state index in [9.17, 15) is 8.42 Å². The van der Waals surface area contributed by atoms with E-state index in [0.717, 1.165) is 55.5 Å². The molecule has 0 atom stereocenters. The monoisotopic (exact) mass is 406 g/mol. The summed E-state index contributed by atoms with van der Waals surface area (Å²) in [5.74, 6) is 0.814. The van der Waals surface area contributed by atoms with Gasteiger partial charge in [0.2, 0.25) is 10.0 Å². The second-order valence-electron chi connectivity index (χ2n) is 6.89. The summed E-state index contributed by atoms with van der Waals surface area (Å²) in [6.07, 6.45) is 3.35. The molecule has 0 unspecified atom stereocenters. The van der Waals surface area contributed by atoms with Crippen molar-refractivity contribution in [1.29, 1.82) is 0 Å². The van der Waals surface area contributed by atoms with Crippen molar-refractivity contribution >= 4 is 33.1 Å². The first-order valence-electron chi connectivity index (χ1n) is 9.26. The molecule has 0 amide bonds. The Morgan fingerprint density at radius 1 is 0.852 bits per heavy atom. The lowest BCUT2D eigenvalue weighted by Gasteiger charge is -2.37. The molecule has 0 spiro atoms. The van der Waals surface area contributed by atoms with Crippen molar-refractivity contribution < 1.29 is 8.42 Å². The van der Waals surface area contributed by atoms with Gasteiger partial charge in [-0.2, -0.15) is 4.31 Å². The van der Waals surface area contributed by atoms with Crippen LogP contribution >= 0.6 is 11.6 Å². The molecule has 144 valence electrons. The van der Waals surface area contributed by atoms with Gasteiger partial charge in [-0.05, 0) is 37.1 Å². The van der Waals surface area contributed by atoms with Crippen LogP contribution in [0.2, 0.25) is 5.02 Å². The number of benzene rings is 1. The van der Waals surface area contributed by atoms with E-state index >= 15 is 0 Å². The first-order valence-corrected chi connectivity index (χ1v) is 11.1. The summed E-state index contributed by atoms with van der Waals surface area (Å²) in [5.41, 5.74) is 1.05. The minimum atomic E-state index is -3.41. The summed E-state index contributed by atoms with van der Waals surface area (Å²) >= 11 is 6.30. The maximum Gasteiger partial charge on any atom is 0.244 e. The van der Waals surface area contributed by atoms with E-state index in [1.54, 1.807) is 10.4 Å². The number of rotatable bonds is 4. The third-order valence-electron chi connectivity index (χ3n) is 5.22. The number of pyridine rings is 1. The molecule has 4 rings (SSSR count). The number of aromatic nitrogens is 1. The van der Waals surface area contributed by atoms with E-state index in [0.29, 0.717) is 13.1 Å². The molecule has 2 aliphatic heterocycles. The third-order valence-corrected chi connectivity index (χ3v) is 7.42. The molecular weight excluding hydrogens is 384 g/mol. The molecule has 2 aliphatic rings. The van der Waals surface area contributed by atoms with Gasteiger partial charge in [0, 0.05) is 45.5 Å². The SMILES string of the molecule is O=S(=O)(c1ccc(N2CCN(c3ccccc3Cl)CC2)nc1)N1CCCC1. The first kappa shape index (κ1) is 18.5. The number of sulfonamides is 1. The normalized spacial score (nSPS) is 18.9. The molecule has 6 nitrogen and oxygen atoms in total. The Hall–Kier alpha value is -1.83. The fourth-order valence-electron chi connectivity index (χ4n) is 3.67. The standard InChI is InChI=1S/C19H23ClN4O2S/c20-17-5-1-2-6-18(17)22-11-13-23(14-12-22)19-8-7-16(15-21-19)27(25,26)24-9-3-4-10-24/h1-2,5-8,15H,3-4,9-14H2. The average Bonchev–Trinajstić information content (AvgIpc) is 3.24. The van der Waals surface area contributed by atoms with Gasteiger partial charge in [-0.1, -0.05) is 23.7 Å². The number of nitrogens with zero attached hydrogens (tertiary/aromatic N) is 4. The van der Waals surface area contributed by atoms with Gasteiger partial charge in [0.25, 0.3) is 0 Å². The first-order chi connectivity index (χ1) is 13.1. The molecule has 1 aromatic heterocycles. The predicted octanol–water partition coefficient (Wildman–Crippen LogP) is 2.85. The number of para-hydroxylation sites is 1. The maximum atomic E-state index is 12.6. The van der Waals surface area contributed by atoms with Crippen molar-refractivity contribution in [2.24, 2.45) is 0 Å². The third kappa shape index (κ3) is 3.77. The van der Waals surface area contributed by atoms with E-state index < -0.39 is 10.0 Å². The predicted molar refractivity (Wildman–Crippen MR) is 108 cm³/mol. The summed E-state index contributed by atoms with van der Waals surface area (Å²) in [6.45, 7) is 4.54. The van der Waals surface area contributed by atoms with Gasteiger partial charge >= 0.3 is 0 Å². The topological polar surface area (TPSA) is 56.8 Å². The number of hydrogen-bond donors (Lipinski definition) is 0. The number of piperazine rings is 1. The van der Waals surface area contributed by atoms with Crippen molar-refractivity contribution in [3.8, 4) is 0 Å². The molecule has 0 aliphatic carbocycles. The smallest absolute Gasteiger partial charge is 0.244 e. The minimum absolute atomic E-state index is 0.280. The molecule has 8 heteroatoms. The van der Waals surface area contributed by atoms with Crippen LogP contribution < -0.4 is 9.80 Å². The van der Waals surface area contributed by atoms with Crippen molar-refractivity contribution in [2.75, 3.05) is 49.1 Å². The fraction of sp³-hybridized carbons (Fsp3) is 0.421. The molecule has 3 heterocycles. The fourth-order valence-corrected chi connectivity index (χ4v) is 5.39. The lowest BCUT2D eigenvalue weighted by atomic mass is 10.2. The van der Waals surface area contributed by atoms with Crippen LogP contribution in [0.15, 0.2) is 47.5 Å². The van der Waals surface area contributed by atoms with Gasteiger partial charge in [0.1, 0.15) is 10.7 Å². The molecule has 27 heavy (non-hydrogen) atoms. The van der Waals surface area contributed by atoms with Gasteiger partial charge < -0.3 is 9.80 Å². The second kappa shape index (κ2) is 7.66. The summed E-state index contributed by atoms with van der Waals surface area (Å²) in [5, 5.41) is 0.764. The zero-order valence-corrected chi connectivity index (χ0v) is 16.7. The summed E-state index contributed by atoms with van der Waals surface area (Å²) in [7, 11) is -3.41. The number of anilines is 2. The van der Waals surface area contributed by atoms with Crippen LogP contribution in [0.1, 0.15) is 12.8 Å². The van der Waals surface area contributed by atoms with Crippen LogP contribution in [0.5, 0.6) is 0 Å². The highest BCUT2D eigenvalue weighted by Gasteiger charge is 2.28. The maximum absolute atomic E-state index is 12.6. The van der Waals surface area contributed by atoms with Gasteiger partial charge in [-0.3, -0.25) is 0 Å². The van der Waals surface area contributed by atoms with Crippen molar-refractivity contribution in [2.45, 2.75) is 17.7 Å². The minimum Gasteiger partial charge on any atom is -0.367 e. The van der Waals surface area contributed by atoms with E-state index in [-0.39, 0.29) is 4.90 Å². The Kier molecular flexibility index (Phi) is 5.25. The summed E-state index contributed by atoms with van der Waals surface area (Å²) < 4.78 is 26.8. The van der Waals surface area contributed by atoms with Gasteiger partial charge in [0.15, 0.2) is 0 Å². The lowest BCUT2D eigenvalue weighted by Crippen LogP contribution is -2.47. The van der Waals surface area contributed by atoms with Gasteiger partial charge in [0.05, 0.1) is 10.7 Å². The van der Waals surface area contributed by atoms with Crippen molar-refractivity contribution in [3.63, 3.8) is 0 Å². The Balaban J connectivity index is 1.43. The Labute approximate surface area is 165 Å². The van der Waals surface area contributed by atoms with Crippen LogP contribution in [0.4, 0.5) is 11.5 Å².